The summed E-state index contributed by atoms with van der Waals surface area (Å²) in [6.07, 6.45) is 0. The van der Waals surface area contributed by atoms with E-state index in [9.17, 15) is 4.79 Å². The van der Waals surface area contributed by atoms with Crippen LogP contribution in [0.4, 0.5) is 0 Å². The van der Waals surface area contributed by atoms with Gasteiger partial charge in [0.05, 0.1) is 0 Å². The highest BCUT2D eigenvalue weighted by Crippen LogP contribution is 2.16. The predicted octanol–water partition coefficient (Wildman–Crippen LogP) is 2.05. The van der Waals surface area contributed by atoms with Gasteiger partial charge < -0.3 is 4.98 Å². The molecule has 0 unspecified atom stereocenters. The van der Waals surface area contributed by atoms with Crippen molar-refractivity contribution in [2.24, 2.45) is 0 Å². The van der Waals surface area contributed by atoms with Crippen molar-refractivity contribution in [1.29, 1.82) is 5.26 Å². The van der Waals surface area contributed by atoms with Crippen molar-refractivity contribution in [3.8, 4) is 6.07 Å². The van der Waals surface area contributed by atoms with Gasteiger partial charge in [0.25, 0.3) is 5.56 Å². The Morgan fingerprint density at radius 3 is 2.86 bits per heavy atom. The van der Waals surface area contributed by atoms with E-state index in [-0.39, 0.29) is 11.3 Å². The van der Waals surface area contributed by atoms with E-state index in [1.54, 1.807) is 24.3 Å². The van der Waals surface area contributed by atoms with Crippen LogP contribution in [0.15, 0.2) is 29.1 Å². The molecule has 0 saturated heterocycles. The maximum Gasteiger partial charge on any atom is 0.256 e. The highest BCUT2D eigenvalue weighted by atomic mass is 35.5. The molecule has 0 fully saturated rings. The quantitative estimate of drug-likeness (QED) is 0.714. The Bertz CT molecular complexity index is 595. The molecule has 3 nitrogen and oxygen atoms in total. The Morgan fingerprint density at radius 1 is 1.36 bits per heavy atom. The number of hydrogen-bond acceptors (Lipinski definition) is 2. The summed E-state index contributed by atoms with van der Waals surface area (Å²) in [7, 11) is 0. The molecule has 0 aliphatic carbocycles. The number of nitrogens with one attached hydrogen (secondary N) is 1. The van der Waals surface area contributed by atoms with E-state index in [1.165, 1.54) is 0 Å². The number of H-pyrrole nitrogens is 1. The number of aromatic amines is 1. The minimum absolute atomic E-state index is 0.254. The van der Waals surface area contributed by atoms with Gasteiger partial charge in [0.1, 0.15) is 11.8 Å². The third-order valence-corrected chi connectivity index (χ3v) is 2.16. The molecule has 2 rings (SSSR count). The first-order valence-corrected chi connectivity index (χ1v) is 4.31. The summed E-state index contributed by atoms with van der Waals surface area (Å²) in [5.74, 6) is 0. The molecule has 0 amide bonds. The number of nitrogens with zero attached hydrogens (tertiary/aromatic N) is 1. The third-order valence-electron chi connectivity index (χ3n) is 1.93. The Morgan fingerprint density at radius 2 is 2.14 bits per heavy atom. The lowest BCUT2D eigenvalue weighted by Gasteiger charge is -1.97. The van der Waals surface area contributed by atoms with Crippen LogP contribution in [0.2, 0.25) is 5.02 Å². The van der Waals surface area contributed by atoms with Crippen molar-refractivity contribution >= 4 is 22.4 Å². The van der Waals surface area contributed by atoms with Gasteiger partial charge in [-0.15, -0.1) is 0 Å². The summed E-state index contributed by atoms with van der Waals surface area (Å²) in [5.41, 5.74) is -0.0358. The Hall–Kier alpha value is -1.79. The van der Waals surface area contributed by atoms with Gasteiger partial charge in [-0.3, -0.25) is 4.79 Å². The minimum Gasteiger partial charge on any atom is -0.313 e. The topological polar surface area (TPSA) is 56.6 Å². The second-order valence-corrected chi connectivity index (χ2v) is 3.29. The number of aromatic nitrogens is 1. The SMILES string of the molecule is N#Cc1cc2ccc(Cl)cc2c(=O)[nH]1. The van der Waals surface area contributed by atoms with E-state index in [0.717, 1.165) is 5.39 Å². The van der Waals surface area contributed by atoms with Crippen LogP contribution in [0.1, 0.15) is 5.69 Å². The largest absolute Gasteiger partial charge is 0.313 e. The van der Waals surface area contributed by atoms with Crippen molar-refractivity contribution in [1.82, 2.24) is 4.98 Å². The highest BCUT2D eigenvalue weighted by molar-refractivity contribution is 6.31. The number of nitriles is 1. The Labute approximate surface area is 84.6 Å². The fraction of sp³-hybridized carbons (Fsp3) is 0. The number of benzene rings is 1. The second-order valence-electron chi connectivity index (χ2n) is 2.86. The van der Waals surface area contributed by atoms with Crippen LogP contribution < -0.4 is 5.56 Å². The molecule has 0 radical (unpaired) electrons. The van der Waals surface area contributed by atoms with Crippen molar-refractivity contribution in [3.63, 3.8) is 0 Å². The number of fused-ring (bicyclic) bond motifs is 1. The summed E-state index contributed by atoms with van der Waals surface area (Å²) in [6, 6.07) is 8.49. The fourth-order valence-corrected chi connectivity index (χ4v) is 1.46. The van der Waals surface area contributed by atoms with Gasteiger partial charge in [0.2, 0.25) is 0 Å². The number of pyridine rings is 1. The van der Waals surface area contributed by atoms with Crippen molar-refractivity contribution in [2.75, 3.05) is 0 Å². The van der Waals surface area contributed by atoms with Gasteiger partial charge in [-0.1, -0.05) is 17.7 Å². The molecule has 14 heavy (non-hydrogen) atoms. The monoisotopic (exact) mass is 204 g/mol. The smallest absolute Gasteiger partial charge is 0.256 e. The number of halogens is 1. The molecule has 2 aromatic rings. The van der Waals surface area contributed by atoms with Gasteiger partial charge >= 0.3 is 0 Å². The second kappa shape index (κ2) is 3.17. The summed E-state index contributed by atoms with van der Waals surface area (Å²) in [5, 5.41) is 10.4. The third kappa shape index (κ3) is 1.36. The molecule has 68 valence electrons. The molecule has 1 aromatic heterocycles. The Kier molecular flexibility index (Phi) is 1.99. The average molecular weight is 205 g/mol. The standard InChI is InChI=1S/C10H5ClN2O/c11-7-2-1-6-3-8(5-12)13-10(14)9(6)4-7/h1-4H,(H,13,14). The van der Waals surface area contributed by atoms with E-state index < -0.39 is 0 Å². The van der Waals surface area contributed by atoms with Crippen molar-refractivity contribution in [3.05, 3.63) is 45.3 Å². The summed E-state index contributed by atoms with van der Waals surface area (Å²) in [4.78, 5) is 13.9. The van der Waals surface area contributed by atoms with Gasteiger partial charge in [0.15, 0.2) is 0 Å². The molecule has 1 N–H and O–H groups in total. The number of hydrogen-bond donors (Lipinski definition) is 1. The predicted molar refractivity (Wildman–Crippen MR) is 54.3 cm³/mol. The van der Waals surface area contributed by atoms with E-state index in [2.05, 4.69) is 4.98 Å². The van der Waals surface area contributed by atoms with Gasteiger partial charge in [-0.2, -0.15) is 5.26 Å². The van der Waals surface area contributed by atoms with E-state index >= 15 is 0 Å². The lowest BCUT2D eigenvalue weighted by Crippen LogP contribution is -2.07. The van der Waals surface area contributed by atoms with Crippen LogP contribution in [0.3, 0.4) is 0 Å². The molecule has 0 aliphatic heterocycles. The first-order valence-electron chi connectivity index (χ1n) is 3.93. The molecule has 4 heteroatoms. The van der Waals surface area contributed by atoms with Gasteiger partial charge in [-0.25, -0.2) is 0 Å². The van der Waals surface area contributed by atoms with Crippen LogP contribution in [0, 0.1) is 11.3 Å². The molecule has 0 aliphatic rings. The summed E-state index contributed by atoms with van der Waals surface area (Å²) in [6.45, 7) is 0. The average Bonchev–Trinajstić information content (AvgIpc) is 2.19. The highest BCUT2D eigenvalue weighted by Gasteiger charge is 2.01. The van der Waals surface area contributed by atoms with Gasteiger partial charge in [0, 0.05) is 10.4 Å². The van der Waals surface area contributed by atoms with Crippen LogP contribution in [-0.2, 0) is 0 Å². The molecular formula is C10H5ClN2O. The molecule has 0 spiro atoms. The van der Waals surface area contributed by atoms with E-state index in [0.29, 0.717) is 10.4 Å². The molecule has 1 heterocycles. The fourth-order valence-electron chi connectivity index (χ4n) is 1.29. The first kappa shape index (κ1) is 8.79. The molecular weight excluding hydrogens is 200 g/mol. The maximum absolute atomic E-state index is 11.4. The molecule has 0 atom stereocenters. The Balaban J connectivity index is 2.92. The van der Waals surface area contributed by atoms with Crippen molar-refractivity contribution in [2.45, 2.75) is 0 Å². The zero-order valence-electron chi connectivity index (χ0n) is 7.04. The first-order chi connectivity index (χ1) is 6.70. The molecule has 0 bridgehead atoms. The lowest BCUT2D eigenvalue weighted by atomic mass is 10.1. The van der Waals surface area contributed by atoms with Crippen molar-refractivity contribution < 1.29 is 0 Å². The summed E-state index contributed by atoms with van der Waals surface area (Å²) >= 11 is 5.75. The minimum atomic E-state index is -0.290. The zero-order valence-corrected chi connectivity index (χ0v) is 7.80. The molecule has 0 saturated carbocycles. The van der Waals surface area contributed by atoms with Crippen LogP contribution in [0.5, 0.6) is 0 Å². The molecule has 1 aromatic carbocycles. The summed E-state index contributed by atoms with van der Waals surface area (Å²) < 4.78 is 0. The van der Waals surface area contributed by atoms with Crippen LogP contribution >= 0.6 is 11.6 Å². The van der Waals surface area contributed by atoms with E-state index in [4.69, 9.17) is 16.9 Å². The van der Waals surface area contributed by atoms with Crippen LogP contribution in [0.25, 0.3) is 10.8 Å². The lowest BCUT2D eigenvalue weighted by molar-refractivity contribution is 1.23. The van der Waals surface area contributed by atoms with Crippen LogP contribution in [-0.4, -0.2) is 4.98 Å². The maximum atomic E-state index is 11.4. The van der Waals surface area contributed by atoms with E-state index in [1.807, 2.05) is 6.07 Å². The normalized spacial score (nSPS) is 10.0. The number of rotatable bonds is 0. The van der Waals surface area contributed by atoms with Gasteiger partial charge in [-0.05, 0) is 23.6 Å². The zero-order chi connectivity index (χ0) is 10.1.